The van der Waals surface area contributed by atoms with Gasteiger partial charge in [0.1, 0.15) is 6.42 Å². The summed E-state index contributed by atoms with van der Waals surface area (Å²) in [7, 11) is 1.55. The first-order valence-corrected chi connectivity index (χ1v) is 8.37. The molecule has 110 valence electrons. The van der Waals surface area contributed by atoms with E-state index in [0.29, 0.717) is 17.6 Å². The van der Waals surface area contributed by atoms with Gasteiger partial charge in [-0.1, -0.05) is 11.8 Å². The zero-order chi connectivity index (χ0) is 15.2. The van der Waals surface area contributed by atoms with Crippen molar-refractivity contribution in [3.63, 3.8) is 0 Å². The summed E-state index contributed by atoms with van der Waals surface area (Å²) in [6.07, 6.45) is 5.28. The van der Waals surface area contributed by atoms with Gasteiger partial charge in [0.25, 0.3) is 0 Å². The standard InChI is InChI=1S/C13H14N4O2S2/c1-19-12-9(8-15-13(16-12)20-2)7-11-17(5-6-21-11)10(18)3-4-14/h7-8H,3,5-6H2,1-2H3/b11-7+. The molecule has 0 aromatic carbocycles. The van der Waals surface area contributed by atoms with Crippen molar-refractivity contribution in [2.75, 3.05) is 25.7 Å². The number of thioether (sulfide) groups is 2. The van der Waals surface area contributed by atoms with E-state index in [-0.39, 0.29) is 12.3 Å². The Morgan fingerprint density at radius 1 is 1.71 bits per heavy atom. The highest BCUT2D eigenvalue weighted by Crippen LogP contribution is 2.32. The second-order valence-corrected chi connectivity index (χ2v) is 5.92. The summed E-state index contributed by atoms with van der Waals surface area (Å²) in [5.41, 5.74) is 0.717. The smallest absolute Gasteiger partial charge is 0.241 e. The van der Waals surface area contributed by atoms with Crippen LogP contribution in [0.4, 0.5) is 0 Å². The molecule has 1 aliphatic rings. The summed E-state index contributed by atoms with van der Waals surface area (Å²) in [5.74, 6) is 1.10. The molecule has 0 radical (unpaired) electrons. The zero-order valence-electron chi connectivity index (χ0n) is 11.7. The maximum absolute atomic E-state index is 11.9. The predicted molar refractivity (Wildman–Crippen MR) is 82.7 cm³/mol. The lowest BCUT2D eigenvalue weighted by atomic mass is 10.3. The number of ether oxygens (including phenoxy) is 1. The average Bonchev–Trinajstić information content (AvgIpc) is 2.96. The van der Waals surface area contributed by atoms with E-state index >= 15 is 0 Å². The van der Waals surface area contributed by atoms with Gasteiger partial charge in [0.2, 0.25) is 11.8 Å². The van der Waals surface area contributed by atoms with Crippen molar-refractivity contribution < 1.29 is 9.53 Å². The van der Waals surface area contributed by atoms with Crippen LogP contribution in [0.3, 0.4) is 0 Å². The van der Waals surface area contributed by atoms with Gasteiger partial charge in [0, 0.05) is 18.5 Å². The van der Waals surface area contributed by atoms with Crippen LogP contribution in [0.15, 0.2) is 16.4 Å². The molecular formula is C13H14N4O2S2. The predicted octanol–water partition coefficient (Wildman–Crippen LogP) is 1.99. The summed E-state index contributed by atoms with van der Waals surface area (Å²) < 4.78 is 5.27. The molecule has 1 aromatic rings. The number of carbonyl (C=O) groups is 1. The highest BCUT2D eigenvalue weighted by Gasteiger charge is 2.24. The van der Waals surface area contributed by atoms with Gasteiger partial charge < -0.3 is 9.64 Å². The Labute approximate surface area is 131 Å². The van der Waals surface area contributed by atoms with E-state index in [4.69, 9.17) is 10.00 Å². The average molecular weight is 322 g/mol. The molecule has 6 nitrogen and oxygen atoms in total. The molecule has 0 saturated carbocycles. The minimum atomic E-state index is -0.186. The van der Waals surface area contributed by atoms with Crippen LogP contribution in [0, 0.1) is 11.3 Å². The normalized spacial score (nSPS) is 16.0. The molecule has 8 heteroatoms. The minimum Gasteiger partial charge on any atom is -0.480 e. The van der Waals surface area contributed by atoms with E-state index in [9.17, 15) is 4.79 Å². The van der Waals surface area contributed by atoms with Crippen LogP contribution in [0.5, 0.6) is 5.88 Å². The molecule has 1 amide bonds. The molecule has 2 rings (SSSR count). The molecule has 0 N–H and O–H groups in total. The van der Waals surface area contributed by atoms with Gasteiger partial charge in [0.15, 0.2) is 5.16 Å². The van der Waals surface area contributed by atoms with Crippen LogP contribution in [0.25, 0.3) is 6.08 Å². The van der Waals surface area contributed by atoms with Crippen LogP contribution < -0.4 is 4.74 Å². The first-order chi connectivity index (χ1) is 10.2. The summed E-state index contributed by atoms with van der Waals surface area (Å²) in [6.45, 7) is 0.614. The molecule has 2 heterocycles. The molecule has 0 spiro atoms. The van der Waals surface area contributed by atoms with Crippen molar-refractivity contribution in [1.29, 1.82) is 5.26 Å². The Kier molecular flexibility index (Phi) is 5.47. The van der Waals surface area contributed by atoms with Crippen LogP contribution in [-0.4, -0.2) is 46.4 Å². The molecule has 21 heavy (non-hydrogen) atoms. The molecule has 0 bridgehead atoms. The van der Waals surface area contributed by atoms with Gasteiger partial charge in [-0.25, -0.2) is 4.98 Å². The van der Waals surface area contributed by atoms with Crippen molar-refractivity contribution in [2.45, 2.75) is 11.6 Å². The van der Waals surface area contributed by atoms with Crippen molar-refractivity contribution in [3.8, 4) is 11.9 Å². The topological polar surface area (TPSA) is 79.1 Å². The summed E-state index contributed by atoms with van der Waals surface area (Å²) in [6, 6.07) is 1.89. The van der Waals surface area contributed by atoms with E-state index in [1.54, 1.807) is 30.0 Å². The van der Waals surface area contributed by atoms with E-state index in [1.807, 2.05) is 18.4 Å². The van der Waals surface area contributed by atoms with Gasteiger partial charge in [-0.05, 0) is 12.3 Å². The van der Waals surface area contributed by atoms with E-state index in [0.717, 1.165) is 16.3 Å². The Hall–Kier alpha value is -1.72. The highest BCUT2D eigenvalue weighted by atomic mass is 32.2. The molecule has 0 atom stereocenters. The second kappa shape index (κ2) is 7.33. The number of nitriles is 1. The quantitative estimate of drug-likeness (QED) is 0.619. The van der Waals surface area contributed by atoms with Gasteiger partial charge in [-0.2, -0.15) is 10.2 Å². The number of nitrogens with zero attached hydrogens (tertiary/aromatic N) is 4. The molecule has 1 saturated heterocycles. The van der Waals surface area contributed by atoms with Crippen molar-refractivity contribution in [3.05, 3.63) is 16.8 Å². The van der Waals surface area contributed by atoms with Crippen molar-refractivity contribution in [1.82, 2.24) is 14.9 Å². The Bertz CT molecular complexity index is 613. The number of aromatic nitrogens is 2. The molecule has 1 aliphatic heterocycles. The van der Waals surface area contributed by atoms with E-state index < -0.39 is 0 Å². The van der Waals surface area contributed by atoms with Gasteiger partial charge in [-0.15, -0.1) is 11.8 Å². The SMILES string of the molecule is COc1nc(SC)ncc1/C=C1/SCCN1C(=O)CC#N. The highest BCUT2D eigenvalue weighted by molar-refractivity contribution is 8.03. The zero-order valence-corrected chi connectivity index (χ0v) is 13.3. The number of hydrogen-bond acceptors (Lipinski definition) is 7. The lowest BCUT2D eigenvalue weighted by Gasteiger charge is -2.15. The Balaban J connectivity index is 2.30. The lowest BCUT2D eigenvalue weighted by molar-refractivity contribution is -0.127. The third kappa shape index (κ3) is 3.68. The number of carbonyl (C=O) groups excluding carboxylic acids is 1. The largest absolute Gasteiger partial charge is 0.480 e. The molecule has 1 aromatic heterocycles. The first kappa shape index (κ1) is 15.7. The maximum atomic E-state index is 11.9. The molecule has 0 aliphatic carbocycles. The minimum absolute atomic E-state index is 0.114. The van der Waals surface area contributed by atoms with E-state index in [2.05, 4.69) is 9.97 Å². The fourth-order valence-electron chi connectivity index (χ4n) is 1.81. The molecule has 0 unspecified atom stereocenters. The summed E-state index contributed by atoms with van der Waals surface area (Å²) >= 11 is 3.00. The molecule has 1 fully saturated rings. The maximum Gasteiger partial charge on any atom is 0.241 e. The lowest BCUT2D eigenvalue weighted by Crippen LogP contribution is -2.25. The van der Waals surface area contributed by atoms with Crippen LogP contribution in [0.2, 0.25) is 0 Å². The Morgan fingerprint density at radius 2 is 2.52 bits per heavy atom. The third-order valence-electron chi connectivity index (χ3n) is 2.78. The number of methoxy groups -OCH3 is 1. The second-order valence-electron chi connectivity index (χ2n) is 4.03. The summed E-state index contributed by atoms with van der Waals surface area (Å²) in [5, 5.41) is 10.1. The van der Waals surface area contributed by atoms with Crippen molar-refractivity contribution in [2.24, 2.45) is 0 Å². The number of amides is 1. The van der Waals surface area contributed by atoms with Gasteiger partial charge in [-0.3, -0.25) is 4.79 Å². The van der Waals surface area contributed by atoms with E-state index in [1.165, 1.54) is 11.8 Å². The van der Waals surface area contributed by atoms with Crippen LogP contribution in [-0.2, 0) is 4.79 Å². The third-order valence-corrected chi connectivity index (χ3v) is 4.36. The van der Waals surface area contributed by atoms with Crippen LogP contribution in [0.1, 0.15) is 12.0 Å². The first-order valence-electron chi connectivity index (χ1n) is 6.16. The summed E-state index contributed by atoms with van der Waals surface area (Å²) in [4.78, 5) is 22.0. The fraction of sp³-hybridized carbons (Fsp3) is 0.385. The van der Waals surface area contributed by atoms with Crippen molar-refractivity contribution >= 4 is 35.5 Å². The monoisotopic (exact) mass is 322 g/mol. The fourth-order valence-corrected chi connectivity index (χ4v) is 3.19. The van der Waals surface area contributed by atoms with Gasteiger partial charge >= 0.3 is 0 Å². The Morgan fingerprint density at radius 3 is 3.19 bits per heavy atom. The van der Waals surface area contributed by atoms with Gasteiger partial charge in [0.05, 0.1) is 23.8 Å². The molecular weight excluding hydrogens is 308 g/mol. The van der Waals surface area contributed by atoms with Crippen LogP contribution >= 0.6 is 23.5 Å². The number of rotatable bonds is 4. The number of hydrogen-bond donors (Lipinski definition) is 0.